The van der Waals surface area contributed by atoms with E-state index < -0.39 is 0 Å². The topological polar surface area (TPSA) is 37.0 Å². The molecule has 1 aromatic rings. The third-order valence-corrected chi connectivity index (χ3v) is 3.42. The van der Waals surface area contributed by atoms with Gasteiger partial charge in [0.15, 0.2) is 0 Å². The Bertz CT molecular complexity index is 354. The summed E-state index contributed by atoms with van der Waals surface area (Å²) < 4.78 is 0. The second kappa shape index (κ2) is 4.42. The zero-order valence-corrected chi connectivity index (χ0v) is 9.58. The maximum absolute atomic E-state index is 4.69. The summed E-state index contributed by atoms with van der Waals surface area (Å²) >= 11 is 0. The molecule has 1 saturated heterocycles. The smallest absolute Gasteiger partial charge is 0.126 e. The molecule has 0 radical (unpaired) electrons. The van der Waals surface area contributed by atoms with Gasteiger partial charge >= 0.3 is 0 Å². The maximum Gasteiger partial charge on any atom is 0.126 e. The number of rotatable bonds is 3. The van der Waals surface area contributed by atoms with E-state index in [0.29, 0.717) is 6.04 Å². The molecule has 0 spiro atoms. The zero-order chi connectivity index (χ0) is 10.8. The maximum atomic E-state index is 4.69. The highest BCUT2D eigenvalue weighted by molar-refractivity contribution is 5.38. The van der Waals surface area contributed by atoms with Crippen LogP contribution in [-0.4, -0.2) is 24.1 Å². The van der Waals surface area contributed by atoms with Crippen molar-refractivity contribution < 1.29 is 0 Å². The van der Waals surface area contributed by atoms with Crippen molar-refractivity contribution in [2.24, 2.45) is 0 Å². The number of hydrogen-bond donors (Lipinski definition) is 2. The summed E-state index contributed by atoms with van der Waals surface area (Å²) in [6, 6.07) is 6.91. The monoisotopic (exact) mass is 217 g/mol. The van der Waals surface area contributed by atoms with E-state index in [0.717, 1.165) is 24.8 Å². The van der Waals surface area contributed by atoms with Crippen molar-refractivity contribution in [1.82, 2.24) is 10.3 Å². The fraction of sp³-hybridized carbons (Fsp3) is 0.615. The van der Waals surface area contributed by atoms with Gasteiger partial charge < -0.3 is 10.6 Å². The summed E-state index contributed by atoms with van der Waals surface area (Å²) in [4.78, 5) is 4.69. The molecule has 0 bridgehead atoms. The second-order valence-corrected chi connectivity index (χ2v) is 4.91. The Morgan fingerprint density at radius 2 is 2.19 bits per heavy atom. The second-order valence-electron chi connectivity index (χ2n) is 4.91. The van der Waals surface area contributed by atoms with Crippen LogP contribution in [0.25, 0.3) is 0 Å². The summed E-state index contributed by atoms with van der Waals surface area (Å²) in [6.45, 7) is 2.23. The summed E-state index contributed by atoms with van der Waals surface area (Å²) in [5.41, 5.74) is 1.27. The van der Waals surface area contributed by atoms with Crippen molar-refractivity contribution in [1.29, 1.82) is 0 Å². The first-order chi connectivity index (χ1) is 7.92. The summed E-state index contributed by atoms with van der Waals surface area (Å²) in [6.07, 6.45) is 5.16. The van der Waals surface area contributed by atoms with Crippen LogP contribution >= 0.6 is 0 Å². The number of piperidine rings is 1. The third kappa shape index (κ3) is 2.35. The molecule has 2 fully saturated rings. The Morgan fingerprint density at radius 3 is 2.94 bits per heavy atom. The van der Waals surface area contributed by atoms with Crippen LogP contribution in [-0.2, 0) is 0 Å². The minimum atomic E-state index is 0.552. The van der Waals surface area contributed by atoms with Gasteiger partial charge in [-0.1, -0.05) is 6.07 Å². The van der Waals surface area contributed by atoms with E-state index in [1.54, 1.807) is 0 Å². The summed E-state index contributed by atoms with van der Waals surface area (Å²) in [5.74, 6) is 1.80. The van der Waals surface area contributed by atoms with Crippen molar-refractivity contribution in [2.45, 2.75) is 37.6 Å². The van der Waals surface area contributed by atoms with E-state index in [4.69, 9.17) is 0 Å². The SMILES string of the molecule is c1cc(NC2CCCNC2)nc(C2CC2)c1. The van der Waals surface area contributed by atoms with Gasteiger partial charge in [0.05, 0.1) is 0 Å². The first-order valence-electron chi connectivity index (χ1n) is 6.36. The van der Waals surface area contributed by atoms with Gasteiger partial charge in [0.1, 0.15) is 5.82 Å². The molecule has 86 valence electrons. The average Bonchev–Trinajstić information content (AvgIpc) is 3.15. The van der Waals surface area contributed by atoms with Crippen LogP contribution in [0, 0.1) is 0 Å². The van der Waals surface area contributed by atoms with Gasteiger partial charge in [0.25, 0.3) is 0 Å². The van der Waals surface area contributed by atoms with Gasteiger partial charge in [-0.3, -0.25) is 0 Å². The third-order valence-electron chi connectivity index (χ3n) is 3.42. The van der Waals surface area contributed by atoms with Crippen LogP contribution in [0.4, 0.5) is 5.82 Å². The minimum absolute atomic E-state index is 0.552. The fourth-order valence-corrected chi connectivity index (χ4v) is 2.32. The van der Waals surface area contributed by atoms with Gasteiger partial charge in [-0.25, -0.2) is 4.98 Å². The molecule has 0 amide bonds. The van der Waals surface area contributed by atoms with Gasteiger partial charge in [0, 0.05) is 24.2 Å². The Hall–Kier alpha value is -1.09. The number of nitrogens with zero attached hydrogens (tertiary/aromatic N) is 1. The molecule has 2 heterocycles. The van der Waals surface area contributed by atoms with Crippen molar-refractivity contribution >= 4 is 5.82 Å². The van der Waals surface area contributed by atoms with E-state index in [-0.39, 0.29) is 0 Å². The molecule has 1 unspecified atom stereocenters. The van der Waals surface area contributed by atoms with Crippen LogP contribution in [0.2, 0.25) is 0 Å². The molecule has 3 nitrogen and oxygen atoms in total. The highest BCUT2D eigenvalue weighted by Gasteiger charge is 2.25. The minimum Gasteiger partial charge on any atom is -0.366 e. The highest BCUT2D eigenvalue weighted by atomic mass is 15.1. The van der Waals surface area contributed by atoms with Crippen LogP contribution in [0.5, 0.6) is 0 Å². The first kappa shape index (κ1) is 10.1. The predicted octanol–water partition coefficient (Wildman–Crippen LogP) is 2.12. The van der Waals surface area contributed by atoms with Crippen molar-refractivity contribution in [3.8, 4) is 0 Å². The van der Waals surface area contributed by atoms with Gasteiger partial charge in [-0.15, -0.1) is 0 Å². The Labute approximate surface area is 96.7 Å². The molecule has 16 heavy (non-hydrogen) atoms. The lowest BCUT2D eigenvalue weighted by atomic mass is 10.1. The summed E-state index contributed by atoms with van der Waals surface area (Å²) in [5, 5.41) is 6.94. The number of pyridine rings is 1. The molecule has 1 aromatic heterocycles. The number of nitrogens with one attached hydrogen (secondary N) is 2. The number of hydrogen-bond acceptors (Lipinski definition) is 3. The van der Waals surface area contributed by atoms with E-state index in [2.05, 4.69) is 33.8 Å². The highest BCUT2D eigenvalue weighted by Crippen LogP contribution is 2.39. The van der Waals surface area contributed by atoms with E-state index in [1.165, 1.54) is 31.4 Å². The van der Waals surface area contributed by atoms with Crippen LogP contribution in [0.15, 0.2) is 18.2 Å². The van der Waals surface area contributed by atoms with E-state index in [9.17, 15) is 0 Å². The predicted molar refractivity (Wildman–Crippen MR) is 65.7 cm³/mol. The fourth-order valence-electron chi connectivity index (χ4n) is 2.32. The Morgan fingerprint density at radius 1 is 1.25 bits per heavy atom. The van der Waals surface area contributed by atoms with Gasteiger partial charge in [-0.05, 0) is 44.4 Å². The lowest BCUT2D eigenvalue weighted by Gasteiger charge is -2.24. The molecule has 0 aromatic carbocycles. The molecular weight excluding hydrogens is 198 g/mol. The van der Waals surface area contributed by atoms with Crippen molar-refractivity contribution in [3.63, 3.8) is 0 Å². The molecule has 1 aliphatic carbocycles. The van der Waals surface area contributed by atoms with Crippen LogP contribution < -0.4 is 10.6 Å². The summed E-state index contributed by atoms with van der Waals surface area (Å²) in [7, 11) is 0. The largest absolute Gasteiger partial charge is 0.366 e. The molecule has 3 rings (SSSR count). The molecule has 2 aliphatic rings. The lowest BCUT2D eigenvalue weighted by Crippen LogP contribution is -2.38. The standard InChI is InChI=1S/C13H19N3/c1-4-12(10-6-7-10)16-13(5-1)15-11-3-2-8-14-9-11/h1,4-5,10-11,14H,2-3,6-9H2,(H,15,16). The number of anilines is 1. The lowest BCUT2D eigenvalue weighted by molar-refractivity contribution is 0.479. The normalized spacial score (nSPS) is 25.4. The van der Waals surface area contributed by atoms with Crippen LogP contribution in [0.3, 0.4) is 0 Å². The Kier molecular flexibility index (Phi) is 2.79. The van der Waals surface area contributed by atoms with Crippen molar-refractivity contribution in [2.75, 3.05) is 18.4 Å². The zero-order valence-electron chi connectivity index (χ0n) is 9.58. The van der Waals surface area contributed by atoms with Crippen LogP contribution in [0.1, 0.15) is 37.3 Å². The Balaban J connectivity index is 1.66. The molecule has 1 aliphatic heterocycles. The van der Waals surface area contributed by atoms with Gasteiger partial charge in [-0.2, -0.15) is 0 Å². The molecule has 1 atom stereocenters. The quantitative estimate of drug-likeness (QED) is 0.814. The molecule has 2 N–H and O–H groups in total. The average molecular weight is 217 g/mol. The van der Waals surface area contributed by atoms with E-state index >= 15 is 0 Å². The molecule has 3 heteroatoms. The number of aromatic nitrogens is 1. The molecular formula is C13H19N3. The van der Waals surface area contributed by atoms with Gasteiger partial charge in [0.2, 0.25) is 0 Å². The van der Waals surface area contributed by atoms with Crippen molar-refractivity contribution in [3.05, 3.63) is 23.9 Å². The first-order valence-corrected chi connectivity index (χ1v) is 6.36. The van der Waals surface area contributed by atoms with E-state index in [1.807, 2.05) is 0 Å². The molecule has 1 saturated carbocycles.